The predicted octanol–water partition coefficient (Wildman–Crippen LogP) is 5.58. The average molecular weight is 347 g/mol. The molecule has 0 saturated heterocycles. The van der Waals surface area contributed by atoms with Gasteiger partial charge in [0.15, 0.2) is 5.76 Å². The molecule has 0 radical (unpaired) electrons. The molecule has 1 aliphatic rings. The number of anilines is 1. The first-order valence-electron chi connectivity index (χ1n) is 6.02. The molecule has 1 aromatic carbocycles. The number of nitrogens with one attached hydrogen (secondary N) is 1. The van der Waals surface area contributed by atoms with Gasteiger partial charge in [-0.05, 0) is 30.3 Å². The Morgan fingerprint density at radius 2 is 1.86 bits per heavy atom. The molecule has 2 aromatic rings. The molecular weight excluding hydrogens is 340 g/mol. The molecule has 0 unspecified atom stereocenters. The molecule has 2 heterocycles. The molecular formula is C14H7Cl2F3N2O. The Morgan fingerprint density at radius 3 is 2.50 bits per heavy atom. The predicted molar refractivity (Wildman–Crippen MR) is 79.1 cm³/mol. The Labute approximate surface area is 133 Å². The minimum absolute atomic E-state index is 0.0296. The normalized spacial score (nSPS) is 14.6. The summed E-state index contributed by atoms with van der Waals surface area (Å²) < 4.78 is 44.5. The standard InChI is InChI=1S/C14H7Cl2F3N2O/c15-7-4-9-10(5-8(7)16)21-13(14(17,18)19)6-11(20-9)12-2-1-3-22-12/h1-6,21H. The molecule has 0 spiro atoms. The Bertz CT molecular complexity index is 780. The summed E-state index contributed by atoms with van der Waals surface area (Å²) in [5, 5.41) is 2.62. The lowest BCUT2D eigenvalue weighted by Crippen LogP contribution is -2.19. The first kappa shape index (κ1) is 15.0. The van der Waals surface area contributed by atoms with E-state index in [0.717, 1.165) is 6.08 Å². The van der Waals surface area contributed by atoms with Crippen molar-refractivity contribution in [3.63, 3.8) is 0 Å². The lowest BCUT2D eigenvalue weighted by atomic mass is 10.2. The van der Waals surface area contributed by atoms with E-state index < -0.39 is 11.9 Å². The van der Waals surface area contributed by atoms with Crippen molar-refractivity contribution >= 4 is 40.3 Å². The minimum Gasteiger partial charge on any atom is -0.463 e. The quantitative estimate of drug-likeness (QED) is 0.731. The van der Waals surface area contributed by atoms with E-state index in [1.165, 1.54) is 24.5 Å². The van der Waals surface area contributed by atoms with E-state index in [-0.39, 0.29) is 32.9 Å². The topological polar surface area (TPSA) is 37.5 Å². The number of fused-ring (bicyclic) bond motifs is 1. The van der Waals surface area contributed by atoms with Crippen LogP contribution in [0.3, 0.4) is 0 Å². The van der Waals surface area contributed by atoms with E-state index in [1.807, 2.05) is 0 Å². The van der Waals surface area contributed by atoms with Gasteiger partial charge in [0, 0.05) is 0 Å². The lowest BCUT2D eigenvalue weighted by molar-refractivity contribution is -0.0901. The van der Waals surface area contributed by atoms with Gasteiger partial charge in [-0.15, -0.1) is 0 Å². The van der Waals surface area contributed by atoms with Crippen LogP contribution < -0.4 is 5.32 Å². The van der Waals surface area contributed by atoms with Crippen molar-refractivity contribution in [2.75, 3.05) is 5.32 Å². The van der Waals surface area contributed by atoms with Gasteiger partial charge in [0.25, 0.3) is 0 Å². The van der Waals surface area contributed by atoms with Crippen LogP contribution in [0.15, 0.2) is 51.7 Å². The van der Waals surface area contributed by atoms with Crippen LogP contribution in [0.5, 0.6) is 0 Å². The molecule has 22 heavy (non-hydrogen) atoms. The van der Waals surface area contributed by atoms with Gasteiger partial charge in [-0.3, -0.25) is 0 Å². The second kappa shape index (κ2) is 5.37. The van der Waals surface area contributed by atoms with Crippen molar-refractivity contribution in [1.82, 2.24) is 0 Å². The highest BCUT2D eigenvalue weighted by Crippen LogP contribution is 2.39. The van der Waals surface area contributed by atoms with Gasteiger partial charge in [-0.1, -0.05) is 23.2 Å². The number of hydrogen-bond donors (Lipinski definition) is 1. The van der Waals surface area contributed by atoms with Gasteiger partial charge in [0.1, 0.15) is 11.4 Å². The number of allylic oxidation sites excluding steroid dienone is 2. The third-order valence-corrected chi connectivity index (χ3v) is 3.63. The first-order chi connectivity index (χ1) is 10.3. The summed E-state index contributed by atoms with van der Waals surface area (Å²) in [6, 6.07) is 5.77. The number of halogens is 5. The number of nitrogens with zero attached hydrogens (tertiary/aromatic N) is 1. The molecule has 0 bridgehead atoms. The van der Waals surface area contributed by atoms with E-state index >= 15 is 0 Å². The zero-order chi connectivity index (χ0) is 15.9. The summed E-state index contributed by atoms with van der Waals surface area (Å²) in [6.45, 7) is 0. The van der Waals surface area contributed by atoms with Crippen LogP contribution >= 0.6 is 23.2 Å². The fourth-order valence-electron chi connectivity index (χ4n) is 1.91. The molecule has 114 valence electrons. The second-order valence-electron chi connectivity index (χ2n) is 4.44. The zero-order valence-corrected chi connectivity index (χ0v) is 12.2. The highest BCUT2D eigenvalue weighted by Gasteiger charge is 2.36. The number of furan rings is 1. The molecule has 0 aliphatic carbocycles. The maximum Gasteiger partial charge on any atom is 0.431 e. The van der Waals surface area contributed by atoms with Crippen LogP contribution in [0, 0.1) is 0 Å². The highest BCUT2D eigenvalue weighted by molar-refractivity contribution is 6.42. The molecule has 1 aromatic heterocycles. The third-order valence-electron chi connectivity index (χ3n) is 2.91. The van der Waals surface area contributed by atoms with Crippen LogP contribution in [-0.2, 0) is 0 Å². The average Bonchev–Trinajstić information content (AvgIpc) is 2.88. The molecule has 0 amide bonds. The van der Waals surface area contributed by atoms with Crippen LogP contribution in [0.25, 0.3) is 0 Å². The lowest BCUT2D eigenvalue weighted by Gasteiger charge is -2.14. The second-order valence-corrected chi connectivity index (χ2v) is 5.25. The zero-order valence-electron chi connectivity index (χ0n) is 10.7. The van der Waals surface area contributed by atoms with Gasteiger partial charge in [-0.2, -0.15) is 13.2 Å². The summed E-state index contributed by atoms with van der Waals surface area (Å²) in [4.78, 5) is 4.19. The van der Waals surface area contributed by atoms with Crippen LogP contribution in [0.4, 0.5) is 24.5 Å². The molecule has 0 fully saturated rings. The third kappa shape index (κ3) is 2.84. The van der Waals surface area contributed by atoms with Crippen LogP contribution in [-0.4, -0.2) is 11.9 Å². The number of rotatable bonds is 1. The van der Waals surface area contributed by atoms with Crippen LogP contribution in [0.2, 0.25) is 10.0 Å². The molecule has 3 nitrogen and oxygen atoms in total. The first-order valence-corrected chi connectivity index (χ1v) is 6.78. The van der Waals surface area contributed by atoms with Gasteiger partial charge in [-0.25, -0.2) is 4.99 Å². The van der Waals surface area contributed by atoms with E-state index in [1.54, 1.807) is 6.07 Å². The molecule has 0 saturated carbocycles. The van der Waals surface area contributed by atoms with Gasteiger partial charge in [0.2, 0.25) is 0 Å². The number of hydrogen-bond acceptors (Lipinski definition) is 3. The number of alkyl halides is 3. The monoisotopic (exact) mass is 346 g/mol. The number of benzene rings is 1. The van der Waals surface area contributed by atoms with Gasteiger partial charge < -0.3 is 9.73 Å². The number of aliphatic imine (C=N–C) groups is 1. The summed E-state index contributed by atoms with van der Waals surface area (Å²) in [7, 11) is 0. The van der Waals surface area contributed by atoms with E-state index in [4.69, 9.17) is 27.6 Å². The highest BCUT2D eigenvalue weighted by atomic mass is 35.5. The molecule has 1 aliphatic heterocycles. The fraction of sp³-hybridized carbons (Fsp3) is 0.0714. The van der Waals surface area contributed by atoms with E-state index in [9.17, 15) is 13.2 Å². The largest absolute Gasteiger partial charge is 0.463 e. The summed E-state index contributed by atoms with van der Waals surface area (Å²) in [5.74, 6) is 0.211. The van der Waals surface area contributed by atoms with Crippen LogP contribution in [0.1, 0.15) is 5.76 Å². The van der Waals surface area contributed by atoms with E-state index in [0.29, 0.717) is 0 Å². The Hall–Kier alpha value is -1.92. The molecule has 0 atom stereocenters. The SMILES string of the molecule is FC(F)(F)C1=CC(c2ccco2)=Nc2cc(Cl)c(Cl)cc2N1. The Balaban J connectivity index is 2.21. The smallest absolute Gasteiger partial charge is 0.431 e. The molecule has 3 rings (SSSR count). The minimum atomic E-state index is -4.58. The van der Waals surface area contributed by atoms with E-state index in [2.05, 4.69) is 10.3 Å². The Morgan fingerprint density at radius 1 is 1.14 bits per heavy atom. The van der Waals surface area contributed by atoms with Crippen molar-refractivity contribution in [3.8, 4) is 0 Å². The maximum absolute atomic E-state index is 13.1. The Kier molecular flexibility index (Phi) is 3.66. The van der Waals surface area contributed by atoms with Gasteiger partial charge >= 0.3 is 6.18 Å². The summed E-state index contributed by atoms with van der Waals surface area (Å²) in [6.07, 6.45) is -2.35. The van der Waals surface area contributed by atoms with Crippen molar-refractivity contribution in [3.05, 3.63) is 58.1 Å². The van der Waals surface area contributed by atoms with Crippen molar-refractivity contribution in [2.24, 2.45) is 4.99 Å². The van der Waals surface area contributed by atoms with Gasteiger partial charge in [0.05, 0.1) is 27.7 Å². The summed E-state index contributed by atoms with van der Waals surface area (Å²) >= 11 is 11.8. The summed E-state index contributed by atoms with van der Waals surface area (Å²) in [5.41, 5.74) is -0.599. The molecule has 1 N–H and O–H groups in total. The van der Waals surface area contributed by atoms with Crippen molar-refractivity contribution in [2.45, 2.75) is 6.18 Å². The van der Waals surface area contributed by atoms with Crippen molar-refractivity contribution < 1.29 is 17.6 Å². The van der Waals surface area contributed by atoms with Crippen molar-refractivity contribution in [1.29, 1.82) is 0 Å². The fourth-order valence-corrected chi connectivity index (χ4v) is 2.23. The maximum atomic E-state index is 13.1. The molecule has 8 heteroatoms.